The van der Waals surface area contributed by atoms with Crippen LogP contribution in [0.2, 0.25) is 0 Å². The molecule has 1 aromatic heterocycles. The van der Waals surface area contributed by atoms with Crippen LogP contribution in [0.1, 0.15) is 11.5 Å². The van der Waals surface area contributed by atoms with Crippen molar-refractivity contribution in [3.05, 3.63) is 23.7 Å². The van der Waals surface area contributed by atoms with Gasteiger partial charge in [0.25, 0.3) is 0 Å². The minimum Gasteiger partial charge on any atom is -0.480 e. The molecule has 8 heteroatoms. The summed E-state index contributed by atoms with van der Waals surface area (Å²) in [6.45, 7) is 2.19. The van der Waals surface area contributed by atoms with E-state index in [9.17, 15) is 14.4 Å². The topological polar surface area (TPSA) is 99.9 Å². The van der Waals surface area contributed by atoms with Crippen LogP contribution in [0.15, 0.2) is 16.5 Å². The molecule has 0 aliphatic rings. The first-order chi connectivity index (χ1) is 9.93. The first-order valence-electron chi connectivity index (χ1n) is 6.23. The minimum absolute atomic E-state index is 0.132. The Morgan fingerprint density at radius 2 is 2.24 bits per heavy atom. The third kappa shape index (κ3) is 5.90. The van der Waals surface area contributed by atoms with Crippen molar-refractivity contribution in [2.45, 2.75) is 19.5 Å². The second kappa shape index (κ2) is 8.35. The number of hydrogen-bond acceptors (Lipinski definition) is 5. The Balaban J connectivity index is 2.35. The van der Waals surface area contributed by atoms with Gasteiger partial charge in [0.15, 0.2) is 0 Å². The zero-order valence-electron chi connectivity index (χ0n) is 11.9. The van der Waals surface area contributed by atoms with Crippen molar-refractivity contribution in [3.8, 4) is 0 Å². The van der Waals surface area contributed by atoms with Crippen LogP contribution in [0.3, 0.4) is 0 Å². The normalized spacial score (nSPS) is 11.7. The van der Waals surface area contributed by atoms with Gasteiger partial charge in [-0.05, 0) is 19.1 Å². The highest BCUT2D eigenvalue weighted by Gasteiger charge is 2.18. The van der Waals surface area contributed by atoms with Crippen molar-refractivity contribution < 1.29 is 23.9 Å². The van der Waals surface area contributed by atoms with Gasteiger partial charge in [0.05, 0.1) is 12.3 Å². The zero-order chi connectivity index (χ0) is 15.8. The number of aliphatic carboxylic acids is 1. The highest BCUT2D eigenvalue weighted by Crippen LogP contribution is 2.10. The lowest BCUT2D eigenvalue weighted by Crippen LogP contribution is -2.38. The van der Waals surface area contributed by atoms with E-state index in [-0.39, 0.29) is 17.4 Å². The minimum atomic E-state index is -1.12. The second-order valence-corrected chi connectivity index (χ2v) is 5.48. The molecule has 1 unspecified atom stereocenters. The van der Waals surface area contributed by atoms with Crippen LogP contribution in [0.5, 0.6) is 0 Å². The standard InChI is InChI=1S/C13H18N2O5S/c1-9-3-4-10(20-9)5-15(2)12(17)7-21-6-11(13(18)19)14-8-16/h3-4,8,11H,5-7H2,1-2H3,(H,14,16)(H,18,19). The van der Waals surface area contributed by atoms with Crippen molar-refractivity contribution >= 4 is 30.0 Å². The molecular formula is C13H18N2O5S. The fraction of sp³-hybridized carbons (Fsp3) is 0.462. The monoisotopic (exact) mass is 314 g/mol. The van der Waals surface area contributed by atoms with Crippen molar-refractivity contribution in [1.29, 1.82) is 0 Å². The smallest absolute Gasteiger partial charge is 0.327 e. The lowest BCUT2D eigenvalue weighted by molar-refractivity contribution is -0.139. The third-order valence-electron chi connectivity index (χ3n) is 2.69. The number of thioether (sulfide) groups is 1. The molecule has 0 bridgehead atoms. The summed E-state index contributed by atoms with van der Waals surface area (Å²) >= 11 is 1.16. The molecular weight excluding hydrogens is 296 g/mol. The second-order valence-electron chi connectivity index (χ2n) is 4.45. The van der Waals surface area contributed by atoms with Crippen LogP contribution in [-0.2, 0) is 20.9 Å². The van der Waals surface area contributed by atoms with E-state index in [4.69, 9.17) is 9.52 Å². The van der Waals surface area contributed by atoms with Gasteiger partial charge in [0, 0.05) is 12.8 Å². The maximum Gasteiger partial charge on any atom is 0.327 e. The Hall–Kier alpha value is -1.96. The molecule has 2 N–H and O–H groups in total. The van der Waals surface area contributed by atoms with Crippen LogP contribution >= 0.6 is 11.8 Å². The molecule has 1 aromatic rings. The summed E-state index contributed by atoms with van der Waals surface area (Å²) in [7, 11) is 1.65. The number of carbonyl (C=O) groups excluding carboxylic acids is 2. The van der Waals surface area contributed by atoms with Crippen molar-refractivity contribution in [2.24, 2.45) is 0 Å². The molecule has 1 heterocycles. The molecule has 7 nitrogen and oxygen atoms in total. The molecule has 116 valence electrons. The summed E-state index contributed by atoms with van der Waals surface area (Å²) in [5, 5.41) is 11.0. The van der Waals surface area contributed by atoms with E-state index in [0.717, 1.165) is 17.5 Å². The van der Waals surface area contributed by atoms with E-state index < -0.39 is 12.0 Å². The van der Waals surface area contributed by atoms with Crippen LogP contribution in [-0.4, -0.2) is 52.9 Å². The molecule has 21 heavy (non-hydrogen) atoms. The van der Waals surface area contributed by atoms with E-state index in [0.29, 0.717) is 18.7 Å². The van der Waals surface area contributed by atoms with Crippen LogP contribution in [0, 0.1) is 6.92 Å². The highest BCUT2D eigenvalue weighted by molar-refractivity contribution is 8.00. The third-order valence-corrected chi connectivity index (χ3v) is 3.71. The van der Waals surface area contributed by atoms with Gasteiger partial charge in [-0.2, -0.15) is 0 Å². The van der Waals surface area contributed by atoms with Crippen molar-refractivity contribution in [3.63, 3.8) is 0 Å². The first kappa shape index (κ1) is 17.1. The SMILES string of the molecule is Cc1ccc(CN(C)C(=O)CSCC(NC=O)C(=O)O)o1. The molecule has 0 aliphatic heterocycles. The van der Waals surface area contributed by atoms with Gasteiger partial charge in [-0.3, -0.25) is 9.59 Å². The number of carboxylic acids is 1. The number of aryl methyl sites for hydroxylation is 1. The Labute approximate surface area is 126 Å². The molecule has 0 radical (unpaired) electrons. The lowest BCUT2D eigenvalue weighted by atomic mass is 10.3. The molecule has 0 saturated heterocycles. The quantitative estimate of drug-likeness (QED) is 0.643. The molecule has 0 aromatic carbocycles. The van der Waals surface area contributed by atoms with E-state index in [1.54, 1.807) is 13.1 Å². The number of hydrogen-bond donors (Lipinski definition) is 2. The van der Waals surface area contributed by atoms with Crippen LogP contribution in [0.4, 0.5) is 0 Å². The summed E-state index contributed by atoms with van der Waals surface area (Å²) in [6.07, 6.45) is 0.340. The average molecular weight is 314 g/mol. The number of nitrogens with zero attached hydrogens (tertiary/aromatic N) is 1. The molecule has 0 fully saturated rings. The van der Waals surface area contributed by atoms with Crippen molar-refractivity contribution in [1.82, 2.24) is 10.2 Å². The zero-order valence-corrected chi connectivity index (χ0v) is 12.7. The fourth-order valence-corrected chi connectivity index (χ4v) is 2.53. The average Bonchev–Trinajstić information content (AvgIpc) is 2.82. The molecule has 1 rings (SSSR count). The van der Waals surface area contributed by atoms with Crippen LogP contribution < -0.4 is 5.32 Å². The summed E-state index contributed by atoms with van der Waals surface area (Å²) in [5.74, 6) is 0.489. The van der Waals surface area contributed by atoms with E-state index in [1.165, 1.54) is 4.90 Å². The predicted octanol–water partition coefficient (Wildman–Crippen LogP) is 0.479. The Bertz CT molecular complexity index is 503. The number of carbonyl (C=O) groups is 3. The number of furan rings is 1. The lowest BCUT2D eigenvalue weighted by Gasteiger charge is -2.16. The Morgan fingerprint density at radius 1 is 1.52 bits per heavy atom. The highest BCUT2D eigenvalue weighted by atomic mass is 32.2. The van der Waals surface area contributed by atoms with Gasteiger partial charge in [-0.25, -0.2) is 4.79 Å². The van der Waals surface area contributed by atoms with Gasteiger partial charge < -0.3 is 19.7 Å². The maximum absolute atomic E-state index is 11.9. The number of carboxylic acid groups (broad SMARTS) is 1. The van der Waals surface area contributed by atoms with Crippen LogP contribution in [0.25, 0.3) is 0 Å². The molecule has 2 amide bonds. The summed E-state index contributed by atoms with van der Waals surface area (Å²) in [5.41, 5.74) is 0. The van der Waals surface area contributed by atoms with Gasteiger partial charge in [-0.15, -0.1) is 11.8 Å². The fourth-order valence-electron chi connectivity index (χ4n) is 1.54. The maximum atomic E-state index is 11.9. The summed E-state index contributed by atoms with van der Waals surface area (Å²) in [4.78, 5) is 34.5. The van der Waals surface area contributed by atoms with Gasteiger partial charge in [-0.1, -0.05) is 0 Å². The van der Waals surface area contributed by atoms with Gasteiger partial charge >= 0.3 is 5.97 Å². The molecule has 0 spiro atoms. The van der Waals surface area contributed by atoms with Crippen molar-refractivity contribution in [2.75, 3.05) is 18.6 Å². The number of nitrogens with one attached hydrogen (secondary N) is 1. The van der Waals surface area contributed by atoms with E-state index in [2.05, 4.69) is 5.32 Å². The summed E-state index contributed by atoms with van der Waals surface area (Å²) in [6, 6.07) is 2.64. The number of amides is 2. The predicted molar refractivity (Wildman–Crippen MR) is 77.9 cm³/mol. The van der Waals surface area contributed by atoms with Gasteiger partial charge in [0.1, 0.15) is 17.6 Å². The first-order valence-corrected chi connectivity index (χ1v) is 7.39. The largest absolute Gasteiger partial charge is 0.480 e. The Kier molecular flexibility index (Phi) is 6.80. The van der Waals surface area contributed by atoms with E-state index in [1.807, 2.05) is 13.0 Å². The number of rotatable bonds is 9. The summed E-state index contributed by atoms with van der Waals surface area (Å²) < 4.78 is 5.38. The van der Waals surface area contributed by atoms with Gasteiger partial charge in [0.2, 0.25) is 12.3 Å². The van der Waals surface area contributed by atoms with E-state index >= 15 is 0 Å². The molecule has 0 aliphatic carbocycles. The Morgan fingerprint density at radius 3 is 2.76 bits per heavy atom. The molecule has 0 saturated carbocycles. The molecule has 1 atom stereocenters.